The van der Waals surface area contributed by atoms with Crippen LogP contribution in [-0.4, -0.2) is 24.2 Å². The topological polar surface area (TPSA) is 52.0 Å². The van der Waals surface area contributed by atoms with Crippen LogP contribution < -0.4 is 0 Å². The fourth-order valence-corrected chi connectivity index (χ4v) is 4.60. The number of benzene rings is 2. The minimum atomic E-state index is -3.20. The predicted octanol–water partition coefficient (Wildman–Crippen LogP) is 4.55. The Hall–Kier alpha value is -1.32. The normalized spacial score (nSPS) is 11.7. The molecule has 0 saturated heterocycles. The largest absolute Gasteiger partial charge is 0.317 e. The van der Waals surface area contributed by atoms with E-state index in [1.807, 2.05) is 23.7 Å². The molecule has 7 heteroatoms. The molecule has 0 amide bonds. The zero-order valence-corrected chi connectivity index (χ0v) is 17.8. The molecule has 1 aromatic heterocycles. The van der Waals surface area contributed by atoms with Gasteiger partial charge >= 0.3 is 0 Å². The van der Waals surface area contributed by atoms with Crippen LogP contribution in [0.3, 0.4) is 0 Å². The van der Waals surface area contributed by atoms with Crippen molar-refractivity contribution < 1.29 is 8.42 Å². The molecule has 0 aliphatic carbocycles. The van der Waals surface area contributed by atoms with Crippen LogP contribution in [0.2, 0.25) is 0 Å². The Labute approximate surface area is 165 Å². The van der Waals surface area contributed by atoms with Crippen molar-refractivity contribution in [2.45, 2.75) is 21.7 Å². The third kappa shape index (κ3) is 4.09. The van der Waals surface area contributed by atoms with E-state index in [4.69, 9.17) is 0 Å². The van der Waals surface area contributed by atoms with Gasteiger partial charge < -0.3 is 4.57 Å². The average molecular weight is 484 g/mol. The maximum Gasteiger partial charge on any atom is 0.175 e. The fourth-order valence-electron chi connectivity index (χ4n) is 2.34. The Morgan fingerprint density at radius 3 is 2.20 bits per heavy atom. The summed E-state index contributed by atoms with van der Waals surface area (Å²) in [4.78, 5) is 6.12. The molecular formula is C18H17IN2O2S2. The summed E-state index contributed by atoms with van der Waals surface area (Å²) in [5, 5.41) is 1.03. The molecule has 0 saturated carbocycles. The van der Waals surface area contributed by atoms with Gasteiger partial charge in [0, 0.05) is 23.8 Å². The number of halogens is 1. The highest BCUT2D eigenvalue weighted by molar-refractivity contribution is 14.1. The summed E-state index contributed by atoms with van der Waals surface area (Å²) in [5.41, 5.74) is 2.98. The molecule has 0 aliphatic rings. The number of sulfone groups is 1. The third-order valence-electron chi connectivity index (χ3n) is 3.78. The number of hydrogen-bond acceptors (Lipinski definition) is 4. The van der Waals surface area contributed by atoms with E-state index in [1.54, 1.807) is 23.9 Å². The number of aryl methyl sites for hydroxylation is 1. The Balaban J connectivity index is 2.02. The van der Waals surface area contributed by atoms with Crippen LogP contribution in [0.1, 0.15) is 5.56 Å². The van der Waals surface area contributed by atoms with Crippen molar-refractivity contribution in [1.82, 2.24) is 9.55 Å². The van der Waals surface area contributed by atoms with Crippen molar-refractivity contribution in [2.75, 3.05) is 6.26 Å². The summed E-state index contributed by atoms with van der Waals surface area (Å²) >= 11 is 3.86. The SMILES string of the molecule is Cc1ccc(Sc2c(-c3ccc(S(C)(=O)=O)cc3)nc(I)n2C)cc1. The summed E-state index contributed by atoms with van der Waals surface area (Å²) in [5.74, 6) is 0. The summed E-state index contributed by atoms with van der Waals surface area (Å²) in [6.07, 6.45) is 1.21. The highest BCUT2D eigenvalue weighted by Crippen LogP contribution is 2.36. The summed E-state index contributed by atoms with van der Waals surface area (Å²) in [7, 11) is -1.21. The lowest BCUT2D eigenvalue weighted by atomic mass is 10.2. The quantitative estimate of drug-likeness (QED) is 0.510. The lowest BCUT2D eigenvalue weighted by molar-refractivity contribution is 0.602. The van der Waals surface area contributed by atoms with Crippen molar-refractivity contribution in [3.63, 3.8) is 0 Å². The van der Waals surface area contributed by atoms with Crippen molar-refractivity contribution in [3.05, 3.63) is 57.9 Å². The van der Waals surface area contributed by atoms with Crippen molar-refractivity contribution in [3.8, 4) is 11.3 Å². The standard InChI is InChI=1S/C18H17IN2O2S2/c1-12-4-8-14(9-5-12)24-17-16(20-18(19)21(17)2)13-6-10-15(11-7-13)25(3,22)23/h4-11H,1-3H3. The van der Waals surface area contributed by atoms with E-state index in [1.165, 1.54) is 11.8 Å². The predicted molar refractivity (Wildman–Crippen MR) is 110 cm³/mol. The molecule has 4 nitrogen and oxygen atoms in total. The maximum atomic E-state index is 11.6. The van der Waals surface area contributed by atoms with Gasteiger partial charge in [-0.1, -0.05) is 41.6 Å². The van der Waals surface area contributed by atoms with Gasteiger partial charge in [-0.3, -0.25) is 0 Å². The minimum Gasteiger partial charge on any atom is -0.317 e. The van der Waals surface area contributed by atoms with Crippen LogP contribution in [0.15, 0.2) is 63.3 Å². The number of rotatable bonds is 4. The second-order valence-corrected chi connectivity index (χ2v) is 9.85. The monoisotopic (exact) mass is 484 g/mol. The second kappa shape index (κ2) is 7.13. The van der Waals surface area contributed by atoms with Crippen LogP contribution in [-0.2, 0) is 16.9 Å². The first-order valence-electron chi connectivity index (χ1n) is 7.53. The zero-order chi connectivity index (χ0) is 18.2. The van der Waals surface area contributed by atoms with E-state index in [2.05, 4.69) is 58.8 Å². The number of aromatic nitrogens is 2. The van der Waals surface area contributed by atoms with Gasteiger partial charge in [-0.2, -0.15) is 0 Å². The van der Waals surface area contributed by atoms with Crippen molar-refractivity contribution in [2.24, 2.45) is 7.05 Å². The van der Waals surface area contributed by atoms with Crippen molar-refractivity contribution >= 4 is 44.2 Å². The van der Waals surface area contributed by atoms with Gasteiger partial charge in [-0.05, 0) is 53.8 Å². The molecule has 3 aromatic rings. The molecule has 0 radical (unpaired) electrons. The van der Waals surface area contributed by atoms with Crippen molar-refractivity contribution in [1.29, 1.82) is 0 Å². The lowest BCUT2D eigenvalue weighted by Gasteiger charge is -2.07. The molecule has 1 heterocycles. The van der Waals surface area contributed by atoms with Crippen LogP contribution in [0, 0.1) is 10.8 Å². The maximum absolute atomic E-state index is 11.6. The molecule has 130 valence electrons. The van der Waals surface area contributed by atoms with Gasteiger partial charge in [0.05, 0.1) is 4.90 Å². The second-order valence-electron chi connectivity index (χ2n) is 5.81. The van der Waals surface area contributed by atoms with Crippen LogP contribution in [0.5, 0.6) is 0 Å². The number of imidazole rings is 1. The summed E-state index contributed by atoms with van der Waals surface area (Å²) < 4.78 is 26.2. The summed E-state index contributed by atoms with van der Waals surface area (Å²) in [6, 6.07) is 15.3. The molecule has 0 N–H and O–H groups in total. The first-order chi connectivity index (χ1) is 11.8. The van der Waals surface area contributed by atoms with Crippen LogP contribution in [0.4, 0.5) is 0 Å². The zero-order valence-electron chi connectivity index (χ0n) is 14.0. The first kappa shape index (κ1) is 18.5. The van der Waals surface area contributed by atoms with E-state index in [-0.39, 0.29) is 0 Å². The van der Waals surface area contributed by atoms with Gasteiger partial charge in [0.25, 0.3) is 0 Å². The van der Waals surface area contributed by atoms with Gasteiger partial charge in [0.2, 0.25) is 0 Å². The van der Waals surface area contributed by atoms with Gasteiger partial charge in [-0.15, -0.1) is 0 Å². The molecular weight excluding hydrogens is 467 g/mol. The molecule has 3 rings (SSSR count). The van der Waals surface area contributed by atoms with Gasteiger partial charge in [-0.25, -0.2) is 13.4 Å². The minimum absolute atomic E-state index is 0.314. The molecule has 0 fully saturated rings. The molecule has 0 bridgehead atoms. The Morgan fingerprint density at radius 1 is 1.04 bits per heavy atom. The first-order valence-corrected chi connectivity index (χ1v) is 11.3. The molecule has 0 unspecified atom stereocenters. The number of nitrogens with zero attached hydrogens (tertiary/aromatic N) is 2. The Morgan fingerprint density at radius 2 is 1.64 bits per heavy atom. The summed E-state index contributed by atoms with van der Waals surface area (Å²) in [6.45, 7) is 2.07. The van der Waals surface area contributed by atoms with Crippen LogP contribution in [0.25, 0.3) is 11.3 Å². The van der Waals surface area contributed by atoms with E-state index >= 15 is 0 Å². The van der Waals surface area contributed by atoms with E-state index in [9.17, 15) is 8.42 Å². The van der Waals surface area contributed by atoms with E-state index < -0.39 is 9.84 Å². The third-order valence-corrected chi connectivity index (χ3v) is 7.04. The highest BCUT2D eigenvalue weighted by Gasteiger charge is 2.17. The highest BCUT2D eigenvalue weighted by atomic mass is 127. The smallest absolute Gasteiger partial charge is 0.175 e. The Kier molecular flexibility index (Phi) is 5.26. The molecule has 25 heavy (non-hydrogen) atoms. The van der Waals surface area contributed by atoms with E-state index in [0.29, 0.717) is 4.90 Å². The van der Waals surface area contributed by atoms with E-state index in [0.717, 1.165) is 25.0 Å². The number of hydrogen-bond donors (Lipinski definition) is 0. The van der Waals surface area contributed by atoms with Gasteiger partial charge in [0.15, 0.2) is 13.7 Å². The lowest BCUT2D eigenvalue weighted by Crippen LogP contribution is -1.96. The van der Waals surface area contributed by atoms with Crippen LogP contribution >= 0.6 is 34.4 Å². The Bertz CT molecular complexity index is 1010. The van der Waals surface area contributed by atoms with Gasteiger partial charge in [0.1, 0.15) is 10.7 Å². The molecule has 0 aliphatic heterocycles. The molecule has 2 aromatic carbocycles. The fraction of sp³-hybridized carbons (Fsp3) is 0.167. The average Bonchev–Trinajstić information content (AvgIpc) is 2.84. The molecule has 0 spiro atoms. The molecule has 0 atom stereocenters.